The number of nitrogens with zero attached hydrogens (tertiary/aromatic N) is 3. The van der Waals surface area contributed by atoms with Crippen molar-refractivity contribution in [2.45, 2.75) is 30.4 Å². The average Bonchev–Trinajstić information content (AvgIpc) is 2.90. The normalized spacial score (nSPS) is 21.5. The summed E-state index contributed by atoms with van der Waals surface area (Å²) in [6.45, 7) is 3.54. The maximum absolute atomic E-state index is 13.0. The van der Waals surface area contributed by atoms with E-state index < -0.39 is 9.84 Å². The topological polar surface area (TPSA) is 72.3 Å². The Morgan fingerprint density at radius 1 is 1.28 bits per heavy atom. The van der Waals surface area contributed by atoms with E-state index in [4.69, 9.17) is 0 Å². The van der Waals surface area contributed by atoms with Crippen LogP contribution in [0.2, 0.25) is 0 Å². The number of likely N-dealkylation sites (tertiary alicyclic amines) is 1. The SMILES string of the molecule is C[C@H]1CCCN(C(=O)c2nn(C)c3c2CS(=O)(=O)c2ccccc2-3)C1. The lowest BCUT2D eigenvalue weighted by molar-refractivity contribution is 0.0675. The molecule has 4 rings (SSSR count). The molecule has 2 aliphatic rings. The molecule has 0 bridgehead atoms. The molecule has 1 saturated heterocycles. The number of piperidine rings is 1. The first-order valence-corrected chi connectivity index (χ1v) is 10.2. The predicted molar refractivity (Wildman–Crippen MR) is 93.8 cm³/mol. The van der Waals surface area contributed by atoms with E-state index in [1.54, 1.807) is 29.9 Å². The molecule has 2 aliphatic heterocycles. The van der Waals surface area contributed by atoms with Gasteiger partial charge in [0, 0.05) is 31.3 Å². The molecule has 0 unspecified atom stereocenters. The van der Waals surface area contributed by atoms with E-state index in [0.717, 1.165) is 18.5 Å². The van der Waals surface area contributed by atoms with E-state index in [9.17, 15) is 13.2 Å². The van der Waals surface area contributed by atoms with Gasteiger partial charge in [-0.3, -0.25) is 9.48 Å². The monoisotopic (exact) mass is 359 g/mol. The second-order valence-corrected chi connectivity index (χ2v) is 9.01. The smallest absolute Gasteiger partial charge is 0.274 e. The number of rotatable bonds is 1. The van der Waals surface area contributed by atoms with Crippen molar-refractivity contribution in [3.05, 3.63) is 35.5 Å². The molecule has 0 spiro atoms. The van der Waals surface area contributed by atoms with Gasteiger partial charge in [-0.1, -0.05) is 25.1 Å². The number of hydrogen-bond donors (Lipinski definition) is 0. The Kier molecular flexibility index (Phi) is 3.72. The lowest BCUT2D eigenvalue weighted by Crippen LogP contribution is -2.39. The summed E-state index contributed by atoms with van der Waals surface area (Å²) in [5.74, 6) is 0.136. The molecule has 0 saturated carbocycles. The minimum Gasteiger partial charge on any atom is -0.337 e. The minimum absolute atomic E-state index is 0.155. The highest BCUT2D eigenvalue weighted by Crippen LogP contribution is 2.39. The number of aromatic nitrogens is 2. The average molecular weight is 359 g/mol. The molecular formula is C18H21N3O3S. The molecule has 0 N–H and O–H groups in total. The molecule has 2 aromatic rings. The van der Waals surface area contributed by atoms with Crippen LogP contribution in [0, 0.1) is 5.92 Å². The predicted octanol–water partition coefficient (Wildman–Crippen LogP) is 2.25. The summed E-state index contributed by atoms with van der Waals surface area (Å²) >= 11 is 0. The quantitative estimate of drug-likeness (QED) is 0.783. The van der Waals surface area contributed by atoms with E-state index in [1.165, 1.54) is 0 Å². The van der Waals surface area contributed by atoms with E-state index in [-0.39, 0.29) is 17.4 Å². The summed E-state index contributed by atoms with van der Waals surface area (Å²) in [6, 6.07) is 6.93. The van der Waals surface area contributed by atoms with Crippen LogP contribution in [0.25, 0.3) is 11.3 Å². The van der Waals surface area contributed by atoms with Crippen molar-refractivity contribution in [2.75, 3.05) is 13.1 Å². The Morgan fingerprint density at radius 3 is 2.80 bits per heavy atom. The van der Waals surface area contributed by atoms with Gasteiger partial charge < -0.3 is 4.90 Å². The van der Waals surface area contributed by atoms with Crippen LogP contribution in [-0.4, -0.2) is 42.1 Å². The minimum atomic E-state index is -3.46. The molecule has 132 valence electrons. The van der Waals surface area contributed by atoms with Gasteiger partial charge in [-0.05, 0) is 24.8 Å². The van der Waals surface area contributed by atoms with Crippen molar-refractivity contribution < 1.29 is 13.2 Å². The molecule has 1 atom stereocenters. The number of amides is 1. The molecule has 3 heterocycles. The molecule has 0 radical (unpaired) electrons. The van der Waals surface area contributed by atoms with Gasteiger partial charge in [-0.25, -0.2) is 8.42 Å². The van der Waals surface area contributed by atoms with Crippen molar-refractivity contribution in [1.82, 2.24) is 14.7 Å². The van der Waals surface area contributed by atoms with Gasteiger partial charge in [0.05, 0.1) is 16.3 Å². The van der Waals surface area contributed by atoms with Crippen molar-refractivity contribution in [3.8, 4) is 11.3 Å². The largest absolute Gasteiger partial charge is 0.337 e. The highest BCUT2D eigenvalue weighted by Gasteiger charge is 2.36. The molecule has 25 heavy (non-hydrogen) atoms. The lowest BCUT2D eigenvalue weighted by atomic mass is 9.99. The first-order valence-electron chi connectivity index (χ1n) is 8.56. The maximum atomic E-state index is 13.0. The number of sulfone groups is 1. The van der Waals surface area contributed by atoms with Crippen molar-refractivity contribution >= 4 is 15.7 Å². The fraction of sp³-hybridized carbons (Fsp3) is 0.444. The molecule has 7 heteroatoms. The van der Waals surface area contributed by atoms with Crippen LogP contribution in [0.5, 0.6) is 0 Å². The lowest BCUT2D eigenvalue weighted by Gasteiger charge is -2.30. The Labute approximate surface area is 147 Å². The highest BCUT2D eigenvalue weighted by molar-refractivity contribution is 7.90. The van der Waals surface area contributed by atoms with Crippen LogP contribution < -0.4 is 0 Å². The summed E-state index contributed by atoms with van der Waals surface area (Å²) in [6.07, 6.45) is 2.09. The van der Waals surface area contributed by atoms with Crippen molar-refractivity contribution in [2.24, 2.45) is 13.0 Å². The van der Waals surface area contributed by atoms with Gasteiger partial charge in [0.15, 0.2) is 15.5 Å². The van der Waals surface area contributed by atoms with Crippen LogP contribution in [-0.2, 0) is 22.6 Å². The van der Waals surface area contributed by atoms with Crippen molar-refractivity contribution in [1.29, 1.82) is 0 Å². The Bertz CT molecular complexity index is 962. The molecule has 0 aliphatic carbocycles. The summed E-state index contributed by atoms with van der Waals surface area (Å²) in [5.41, 5.74) is 2.18. The molecular weight excluding hydrogens is 338 g/mol. The van der Waals surface area contributed by atoms with Crippen LogP contribution in [0.15, 0.2) is 29.2 Å². The third-order valence-corrected chi connectivity index (χ3v) is 6.80. The van der Waals surface area contributed by atoms with Crippen LogP contribution in [0.4, 0.5) is 0 Å². The van der Waals surface area contributed by atoms with Crippen LogP contribution in [0.3, 0.4) is 0 Å². The number of aryl methyl sites for hydroxylation is 1. The third kappa shape index (κ3) is 2.57. The van der Waals surface area contributed by atoms with Crippen LogP contribution in [0.1, 0.15) is 35.8 Å². The zero-order valence-corrected chi connectivity index (χ0v) is 15.2. The zero-order valence-electron chi connectivity index (χ0n) is 14.4. The Hall–Kier alpha value is -2.15. The summed E-state index contributed by atoms with van der Waals surface area (Å²) < 4.78 is 27.0. The fourth-order valence-electron chi connectivity index (χ4n) is 3.94. The van der Waals surface area contributed by atoms with Crippen molar-refractivity contribution in [3.63, 3.8) is 0 Å². The van der Waals surface area contributed by atoms with Gasteiger partial charge in [0.2, 0.25) is 0 Å². The standard InChI is InChI=1S/C18H21N3O3S/c1-12-6-5-9-21(10-12)18(22)16-14-11-25(23,24)15-8-4-3-7-13(15)17(14)20(2)19-16/h3-4,7-8,12H,5-6,9-11H2,1-2H3/t12-/m0/s1. The Balaban J connectivity index is 1.83. The molecule has 6 nitrogen and oxygen atoms in total. The summed E-state index contributed by atoms with van der Waals surface area (Å²) in [4.78, 5) is 15.1. The second-order valence-electron chi connectivity index (χ2n) is 7.05. The van der Waals surface area contributed by atoms with E-state index in [2.05, 4.69) is 12.0 Å². The number of carbonyl (C=O) groups excluding carboxylic acids is 1. The zero-order chi connectivity index (χ0) is 17.8. The van der Waals surface area contributed by atoms with E-state index >= 15 is 0 Å². The molecule has 1 amide bonds. The van der Waals surface area contributed by atoms with E-state index in [1.807, 2.05) is 11.0 Å². The summed E-state index contributed by atoms with van der Waals surface area (Å²) in [7, 11) is -1.70. The third-order valence-electron chi connectivity index (χ3n) is 5.10. The number of carbonyl (C=O) groups is 1. The first kappa shape index (κ1) is 16.3. The van der Waals surface area contributed by atoms with Crippen LogP contribution >= 0.6 is 0 Å². The number of benzene rings is 1. The van der Waals surface area contributed by atoms with Gasteiger partial charge in [0.25, 0.3) is 5.91 Å². The maximum Gasteiger partial charge on any atom is 0.274 e. The molecule has 1 aromatic carbocycles. The number of fused-ring (bicyclic) bond motifs is 3. The second kappa shape index (κ2) is 5.69. The van der Waals surface area contributed by atoms with Gasteiger partial charge in [0.1, 0.15) is 0 Å². The van der Waals surface area contributed by atoms with Gasteiger partial charge in [-0.15, -0.1) is 0 Å². The number of hydrogen-bond acceptors (Lipinski definition) is 4. The molecule has 1 fully saturated rings. The van der Waals surface area contributed by atoms with Gasteiger partial charge >= 0.3 is 0 Å². The Morgan fingerprint density at radius 2 is 2.04 bits per heavy atom. The molecule has 1 aromatic heterocycles. The highest BCUT2D eigenvalue weighted by atomic mass is 32.2. The first-order chi connectivity index (χ1) is 11.9. The summed E-state index contributed by atoms with van der Waals surface area (Å²) in [5, 5.41) is 4.42. The van der Waals surface area contributed by atoms with E-state index in [0.29, 0.717) is 35.0 Å². The fourth-order valence-corrected chi connectivity index (χ4v) is 5.53. The van der Waals surface area contributed by atoms with Gasteiger partial charge in [-0.2, -0.15) is 5.10 Å².